The number of nitrogens with zero attached hydrogens (tertiary/aromatic N) is 4. The van der Waals surface area contributed by atoms with Crippen molar-refractivity contribution in [2.45, 2.75) is 88.7 Å². The van der Waals surface area contributed by atoms with Crippen LogP contribution in [0.1, 0.15) is 81.8 Å². The van der Waals surface area contributed by atoms with E-state index >= 15 is 0 Å². The van der Waals surface area contributed by atoms with Gasteiger partial charge >= 0.3 is 18.2 Å². The van der Waals surface area contributed by atoms with Crippen LogP contribution in [0.2, 0.25) is 0 Å². The Balaban J connectivity index is 1.19. The number of hydrogen-bond donors (Lipinski definition) is 5. The van der Waals surface area contributed by atoms with Gasteiger partial charge in [0.05, 0.1) is 67.7 Å². The van der Waals surface area contributed by atoms with Gasteiger partial charge in [-0.25, -0.2) is 19.6 Å². The van der Waals surface area contributed by atoms with Crippen molar-refractivity contribution in [1.82, 2.24) is 40.4 Å². The van der Waals surface area contributed by atoms with Gasteiger partial charge < -0.3 is 54.5 Å². The molecule has 2 aliphatic rings. The largest absolute Gasteiger partial charge is 0.481 e. The lowest BCUT2D eigenvalue weighted by molar-refractivity contribution is -0.139. The maximum absolute atomic E-state index is 13.8. The van der Waals surface area contributed by atoms with Crippen LogP contribution in [-0.4, -0.2) is 131 Å². The molecule has 2 aliphatic heterocycles. The molecule has 2 aromatic heterocycles. The lowest BCUT2D eigenvalue weighted by atomic mass is 9.98. The molecule has 0 bridgehead atoms. The molecule has 3 unspecified atom stereocenters. The van der Waals surface area contributed by atoms with E-state index in [0.717, 1.165) is 28.8 Å². The van der Waals surface area contributed by atoms with Gasteiger partial charge in [0.2, 0.25) is 11.8 Å². The minimum Gasteiger partial charge on any atom is -0.481 e. The fourth-order valence-corrected chi connectivity index (χ4v) is 7.93. The van der Waals surface area contributed by atoms with E-state index in [0.29, 0.717) is 61.0 Å². The molecular weight excluding hydrogens is 789 g/mol. The van der Waals surface area contributed by atoms with Crippen molar-refractivity contribution in [3.63, 3.8) is 0 Å². The highest BCUT2D eigenvalue weighted by atomic mass is 16.5. The van der Waals surface area contributed by atoms with Crippen LogP contribution in [0.5, 0.6) is 0 Å². The van der Waals surface area contributed by atoms with E-state index in [1.165, 1.54) is 28.4 Å². The molecule has 2 saturated heterocycles. The second kappa shape index (κ2) is 19.4. The van der Waals surface area contributed by atoms with E-state index in [4.69, 9.17) is 23.9 Å². The third kappa shape index (κ3) is 9.55. The van der Waals surface area contributed by atoms with Crippen molar-refractivity contribution >= 4 is 30.0 Å². The number of rotatable bonds is 15. The normalized spacial score (nSPS) is 18.8. The summed E-state index contributed by atoms with van der Waals surface area (Å²) in [4.78, 5) is 83.5. The molecule has 2 fully saturated rings. The first-order valence-corrected chi connectivity index (χ1v) is 20.2. The van der Waals surface area contributed by atoms with Crippen molar-refractivity contribution in [2.75, 3.05) is 41.5 Å². The molecule has 7 atom stereocenters. The number of ether oxygens (including phenoxy) is 4. The summed E-state index contributed by atoms with van der Waals surface area (Å²) in [6.45, 7) is 5.91. The van der Waals surface area contributed by atoms with Crippen LogP contribution in [0.15, 0.2) is 54.7 Å². The highest BCUT2D eigenvalue weighted by Crippen LogP contribution is 2.37. The Morgan fingerprint density at radius 2 is 1.15 bits per heavy atom. The van der Waals surface area contributed by atoms with Crippen LogP contribution in [0, 0.1) is 0 Å². The summed E-state index contributed by atoms with van der Waals surface area (Å²) in [5.41, 5.74) is 5.14. The Kier molecular flexibility index (Phi) is 14.1. The lowest BCUT2D eigenvalue weighted by Gasteiger charge is -2.30. The summed E-state index contributed by atoms with van der Waals surface area (Å²) in [5, 5.41) is 15.2. The SMILES string of the molecule is COC(=O)N[C@H](C(=O)N1CCC[C@H]1c1ncc(-c2ccc(-c3ccc(-c4nc([C@@H]5CCCN5C(=O)[C@@H](NC(=O)OC)C(C)OC)[nH]c4C(C)C(=O)O)cc3)cc2)[nH]1)C(C)OC. The Morgan fingerprint density at radius 1 is 0.689 bits per heavy atom. The summed E-state index contributed by atoms with van der Waals surface area (Å²) < 4.78 is 20.3. The number of amides is 4. The molecule has 0 spiro atoms. The Bertz CT molecular complexity index is 2190. The zero-order chi connectivity index (χ0) is 44.0. The fraction of sp³-hybridized carbons (Fsp3) is 0.465. The Labute approximate surface area is 353 Å². The number of hydrogen-bond acceptors (Lipinski definition) is 11. The average molecular weight is 843 g/mol. The number of aromatic amines is 2. The van der Waals surface area contributed by atoms with Crippen LogP contribution in [0.3, 0.4) is 0 Å². The van der Waals surface area contributed by atoms with Gasteiger partial charge in [0.25, 0.3) is 0 Å². The number of nitrogens with one attached hydrogen (secondary N) is 4. The van der Waals surface area contributed by atoms with Crippen LogP contribution in [0.4, 0.5) is 9.59 Å². The summed E-state index contributed by atoms with van der Waals surface area (Å²) in [7, 11) is 5.39. The van der Waals surface area contributed by atoms with Gasteiger partial charge in [-0.1, -0.05) is 48.5 Å². The third-order valence-corrected chi connectivity index (χ3v) is 11.7. The molecule has 6 rings (SSSR count). The minimum atomic E-state index is -1.03. The number of alkyl carbamates (subject to hydrolysis) is 2. The number of carbonyl (C=O) groups excluding carboxylic acids is 4. The van der Waals surface area contributed by atoms with Gasteiger partial charge in [-0.05, 0) is 63.1 Å². The monoisotopic (exact) mass is 842 g/mol. The van der Waals surface area contributed by atoms with E-state index in [1.807, 2.05) is 48.5 Å². The lowest BCUT2D eigenvalue weighted by Crippen LogP contribution is -2.54. The van der Waals surface area contributed by atoms with Gasteiger partial charge in [0.15, 0.2) is 0 Å². The second-order valence-electron chi connectivity index (χ2n) is 15.3. The molecule has 5 N–H and O–H groups in total. The number of carboxylic acids is 1. The zero-order valence-electron chi connectivity index (χ0n) is 35.4. The number of likely N-dealkylation sites (tertiary alicyclic amines) is 2. The van der Waals surface area contributed by atoms with Gasteiger partial charge in [-0.3, -0.25) is 14.4 Å². The molecule has 4 amide bonds. The predicted octanol–water partition coefficient (Wildman–Crippen LogP) is 5.17. The maximum atomic E-state index is 13.8. The molecule has 61 heavy (non-hydrogen) atoms. The quantitative estimate of drug-likeness (QED) is 0.104. The molecule has 0 radical (unpaired) electrons. The first-order chi connectivity index (χ1) is 29.3. The number of aliphatic carboxylic acids is 1. The molecule has 18 nitrogen and oxygen atoms in total. The van der Waals surface area contributed by atoms with Crippen molar-refractivity contribution < 1.29 is 48.0 Å². The standard InChI is InChI=1S/C43H54N8O10/c1-23(41(54)55)33-36(47-38(46-33)32-11-9-21-51(32)40(53)35(25(3)59-5)49-43(57)61-7)29-18-14-27(15-19-29)26-12-16-28(17-13-26)30-22-44-37(45-30)31-10-8-20-50(31)39(52)34(24(2)58-4)48-42(56)60-6/h12-19,22-25,31-32,34-35H,8-11,20-21H2,1-7H3,(H,44,45)(H,46,47)(H,48,56)(H,49,57)(H,54,55)/t23?,24?,25?,31-,32-,34-,35-/m0/s1. The molecule has 0 saturated carbocycles. The van der Waals surface area contributed by atoms with Gasteiger partial charge in [-0.2, -0.15) is 0 Å². The molecule has 4 heterocycles. The molecule has 326 valence electrons. The van der Waals surface area contributed by atoms with Crippen molar-refractivity contribution in [2.24, 2.45) is 0 Å². The molecule has 2 aromatic carbocycles. The van der Waals surface area contributed by atoms with Gasteiger partial charge in [0, 0.05) is 32.9 Å². The van der Waals surface area contributed by atoms with Gasteiger partial charge in [-0.15, -0.1) is 0 Å². The third-order valence-electron chi connectivity index (χ3n) is 11.7. The average Bonchev–Trinajstić information content (AvgIpc) is 4.13. The van der Waals surface area contributed by atoms with Crippen molar-refractivity contribution in [3.8, 4) is 33.6 Å². The highest BCUT2D eigenvalue weighted by Gasteiger charge is 2.41. The van der Waals surface area contributed by atoms with E-state index in [9.17, 15) is 29.1 Å². The topological polar surface area (TPSA) is 230 Å². The number of carboxylic acid groups (broad SMARTS) is 1. The minimum absolute atomic E-state index is 0.277. The molecule has 4 aromatic rings. The van der Waals surface area contributed by atoms with E-state index in [1.54, 1.807) is 36.8 Å². The number of carbonyl (C=O) groups is 5. The number of benzene rings is 2. The Hall–Kier alpha value is -6.27. The van der Waals surface area contributed by atoms with Gasteiger partial charge in [0.1, 0.15) is 23.7 Å². The molecule has 0 aliphatic carbocycles. The van der Waals surface area contributed by atoms with E-state index in [-0.39, 0.29) is 17.9 Å². The number of aromatic nitrogens is 4. The molecular formula is C43H54N8O10. The maximum Gasteiger partial charge on any atom is 0.407 e. The number of methoxy groups -OCH3 is 4. The smallest absolute Gasteiger partial charge is 0.407 e. The van der Waals surface area contributed by atoms with Crippen LogP contribution in [-0.2, 0) is 33.3 Å². The first kappa shape index (κ1) is 44.3. The molecule has 18 heteroatoms. The van der Waals surface area contributed by atoms with Crippen molar-refractivity contribution in [3.05, 3.63) is 72.1 Å². The van der Waals surface area contributed by atoms with E-state index in [2.05, 4.69) is 25.6 Å². The summed E-state index contributed by atoms with van der Waals surface area (Å²) in [6, 6.07) is 12.9. The highest BCUT2D eigenvalue weighted by molar-refractivity contribution is 5.88. The van der Waals surface area contributed by atoms with Crippen LogP contribution >= 0.6 is 0 Å². The van der Waals surface area contributed by atoms with Crippen molar-refractivity contribution in [1.29, 1.82) is 0 Å². The fourth-order valence-electron chi connectivity index (χ4n) is 7.93. The summed E-state index contributed by atoms with van der Waals surface area (Å²) >= 11 is 0. The summed E-state index contributed by atoms with van der Waals surface area (Å²) in [6.07, 6.45) is 1.80. The Morgan fingerprint density at radius 3 is 1.61 bits per heavy atom. The number of H-pyrrole nitrogens is 2. The summed E-state index contributed by atoms with van der Waals surface area (Å²) in [5.74, 6) is -1.48. The zero-order valence-corrected chi connectivity index (χ0v) is 35.4. The van der Waals surface area contributed by atoms with Crippen LogP contribution < -0.4 is 10.6 Å². The predicted molar refractivity (Wildman–Crippen MR) is 222 cm³/mol. The number of imidazole rings is 2. The van der Waals surface area contributed by atoms with Crippen LogP contribution in [0.25, 0.3) is 33.6 Å². The van der Waals surface area contributed by atoms with E-state index < -0.39 is 54.4 Å². The first-order valence-electron chi connectivity index (χ1n) is 20.2. The second-order valence-corrected chi connectivity index (χ2v) is 15.3.